The van der Waals surface area contributed by atoms with Gasteiger partial charge in [-0.25, -0.2) is 9.78 Å². The van der Waals surface area contributed by atoms with Gasteiger partial charge < -0.3 is 14.8 Å². The van der Waals surface area contributed by atoms with Gasteiger partial charge in [0.05, 0.1) is 16.7 Å². The summed E-state index contributed by atoms with van der Waals surface area (Å²) in [6, 6.07) is 6.87. The summed E-state index contributed by atoms with van der Waals surface area (Å²) in [4.78, 5) is 27.7. The lowest BCUT2D eigenvalue weighted by Gasteiger charge is -2.23. The number of ether oxygens (including phenoxy) is 2. The lowest BCUT2D eigenvalue weighted by atomic mass is 10.0. The minimum atomic E-state index is -0.571. The van der Waals surface area contributed by atoms with Crippen LogP contribution in [0.3, 0.4) is 0 Å². The van der Waals surface area contributed by atoms with Crippen molar-refractivity contribution in [2.45, 2.75) is 52.7 Å². The summed E-state index contributed by atoms with van der Waals surface area (Å²) in [6.07, 6.45) is 0.0626. The van der Waals surface area contributed by atoms with Crippen LogP contribution in [0.1, 0.15) is 50.0 Å². The summed E-state index contributed by atoms with van der Waals surface area (Å²) < 4.78 is 10.4. The minimum Gasteiger partial charge on any atom is -0.444 e. The number of hydrogen-bond acceptors (Lipinski definition) is 6. The van der Waals surface area contributed by atoms with Crippen LogP contribution in [0.15, 0.2) is 29.6 Å². The predicted octanol–water partition coefficient (Wildman–Crippen LogP) is 4.19. The van der Waals surface area contributed by atoms with Gasteiger partial charge in [-0.05, 0) is 51.8 Å². The molecule has 6 nitrogen and oxygen atoms in total. The van der Waals surface area contributed by atoms with Gasteiger partial charge >= 0.3 is 12.1 Å². The molecule has 1 atom stereocenters. The topological polar surface area (TPSA) is 77.5 Å². The maximum absolute atomic E-state index is 12.2. The second kappa shape index (κ2) is 8.31. The molecule has 2 aromatic rings. The molecule has 1 heterocycles. The molecule has 1 aromatic carbocycles. The van der Waals surface area contributed by atoms with Gasteiger partial charge in [0.15, 0.2) is 0 Å². The number of benzene rings is 1. The number of alkyl carbamates (subject to hydrolysis) is 1. The van der Waals surface area contributed by atoms with Gasteiger partial charge in [-0.1, -0.05) is 12.1 Å². The normalized spacial score (nSPS) is 12.3. The third kappa shape index (κ3) is 6.48. The van der Waals surface area contributed by atoms with E-state index in [-0.39, 0.29) is 12.0 Å². The highest BCUT2D eigenvalue weighted by Gasteiger charge is 2.22. The number of aromatic nitrogens is 1. The van der Waals surface area contributed by atoms with E-state index in [1.807, 2.05) is 45.2 Å². The van der Waals surface area contributed by atoms with Crippen molar-refractivity contribution in [3.05, 3.63) is 45.9 Å². The average Bonchev–Trinajstić information content (AvgIpc) is 2.92. The molecule has 0 spiro atoms. The lowest BCUT2D eigenvalue weighted by Crippen LogP contribution is -2.36. The van der Waals surface area contributed by atoms with Gasteiger partial charge in [0.1, 0.15) is 11.4 Å². The number of carbonyl (C=O) groups excluding carboxylic acids is 2. The van der Waals surface area contributed by atoms with Gasteiger partial charge in [0, 0.05) is 12.3 Å². The Balaban J connectivity index is 2.13. The SMILES string of the molecule is CC(=O)Oc1ccc(C[C@H](NC(=O)OC(C)(C)C)c2csc(C)n2)cc1. The maximum Gasteiger partial charge on any atom is 0.408 e. The number of carbonyl (C=O) groups is 2. The molecule has 0 radical (unpaired) electrons. The standard InChI is InChI=1S/C19H24N2O4S/c1-12-20-17(11-26-12)16(21-18(23)25-19(3,4)5)10-14-6-8-15(9-7-14)24-13(2)22/h6-9,11,16H,10H2,1-5H3,(H,21,23)/t16-/m0/s1. The molecule has 1 amide bonds. The number of nitrogens with zero attached hydrogens (tertiary/aromatic N) is 1. The van der Waals surface area contributed by atoms with E-state index in [1.54, 1.807) is 12.1 Å². The molecule has 0 aliphatic rings. The molecule has 0 aliphatic heterocycles. The van der Waals surface area contributed by atoms with E-state index < -0.39 is 11.7 Å². The fourth-order valence-corrected chi connectivity index (χ4v) is 2.98. The highest BCUT2D eigenvalue weighted by atomic mass is 32.1. The van der Waals surface area contributed by atoms with Crippen LogP contribution in [0, 0.1) is 6.92 Å². The van der Waals surface area contributed by atoms with Crippen molar-refractivity contribution < 1.29 is 19.1 Å². The molecule has 140 valence electrons. The molecule has 1 N–H and O–H groups in total. The number of aryl methyl sites for hydroxylation is 1. The molecule has 2 rings (SSSR count). The van der Waals surface area contributed by atoms with Gasteiger partial charge in [0.2, 0.25) is 0 Å². The van der Waals surface area contributed by atoms with Crippen LogP contribution >= 0.6 is 11.3 Å². The Morgan fingerprint density at radius 1 is 1.23 bits per heavy atom. The molecule has 0 aliphatic carbocycles. The number of hydrogen-bond donors (Lipinski definition) is 1. The molecule has 26 heavy (non-hydrogen) atoms. The van der Waals surface area contributed by atoms with Crippen LogP contribution in [-0.4, -0.2) is 22.6 Å². The molecule has 0 bridgehead atoms. The Morgan fingerprint density at radius 3 is 2.38 bits per heavy atom. The van der Waals surface area contributed by atoms with Crippen molar-refractivity contribution in [2.75, 3.05) is 0 Å². The van der Waals surface area contributed by atoms with Gasteiger partial charge in [-0.15, -0.1) is 11.3 Å². The Bertz CT molecular complexity index is 763. The second-order valence-corrected chi connectivity index (χ2v) is 7.99. The molecule has 0 saturated carbocycles. The van der Waals surface area contributed by atoms with E-state index in [0.717, 1.165) is 16.3 Å². The quantitative estimate of drug-likeness (QED) is 0.625. The first-order valence-corrected chi connectivity index (χ1v) is 9.19. The first kappa shape index (κ1) is 19.9. The van der Waals surface area contributed by atoms with Crippen LogP contribution in [0.4, 0.5) is 4.79 Å². The van der Waals surface area contributed by atoms with E-state index in [1.165, 1.54) is 18.3 Å². The van der Waals surface area contributed by atoms with Crippen molar-refractivity contribution in [2.24, 2.45) is 0 Å². The fraction of sp³-hybridized carbons (Fsp3) is 0.421. The van der Waals surface area contributed by atoms with Gasteiger partial charge in [0.25, 0.3) is 0 Å². The molecule has 0 saturated heterocycles. The Morgan fingerprint density at radius 2 is 1.88 bits per heavy atom. The Labute approximate surface area is 157 Å². The van der Waals surface area contributed by atoms with E-state index >= 15 is 0 Å². The van der Waals surface area contributed by atoms with Gasteiger partial charge in [-0.3, -0.25) is 4.79 Å². The molecule has 1 aromatic heterocycles. The lowest BCUT2D eigenvalue weighted by molar-refractivity contribution is -0.131. The van der Waals surface area contributed by atoms with Crippen molar-refractivity contribution in [3.63, 3.8) is 0 Å². The Kier molecular flexibility index (Phi) is 6.37. The number of esters is 1. The zero-order chi connectivity index (χ0) is 19.3. The maximum atomic E-state index is 12.2. The third-order valence-corrected chi connectivity index (χ3v) is 4.10. The van der Waals surface area contributed by atoms with E-state index in [9.17, 15) is 9.59 Å². The zero-order valence-electron chi connectivity index (χ0n) is 15.7. The number of rotatable bonds is 5. The first-order chi connectivity index (χ1) is 12.1. The van der Waals surface area contributed by atoms with E-state index in [2.05, 4.69) is 10.3 Å². The fourth-order valence-electron chi connectivity index (χ4n) is 2.31. The summed E-state index contributed by atoms with van der Waals surface area (Å²) in [5.41, 5.74) is 1.20. The smallest absolute Gasteiger partial charge is 0.408 e. The van der Waals surface area contributed by atoms with Gasteiger partial charge in [-0.2, -0.15) is 0 Å². The van der Waals surface area contributed by atoms with Crippen molar-refractivity contribution in [1.82, 2.24) is 10.3 Å². The average molecular weight is 376 g/mol. The van der Waals surface area contributed by atoms with Crippen LogP contribution in [0.25, 0.3) is 0 Å². The summed E-state index contributed by atoms with van der Waals surface area (Å²) in [5, 5.41) is 5.76. The highest BCUT2D eigenvalue weighted by Crippen LogP contribution is 2.23. The van der Waals surface area contributed by atoms with Crippen molar-refractivity contribution in [3.8, 4) is 5.75 Å². The van der Waals surface area contributed by atoms with E-state index in [0.29, 0.717) is 12.2 Å². The van der Waals surface area contributed by atoms with Crippen LogP contribution < -0.4 is 10.1 Å². The third-order valence-electron chi connectivity index (χ3n) is 3.31. The van der Waals surface area contributed by atoms with Crippen LogP contribution in [-0.2, 0) is 16.0 Å². The van der Waals surface area contributed by atoms with Crippen molar-refractivity contribution in [1.29, 1.82) is 0 Å². The van der Waals surface area contributed by atoms with Crippen LogP contribution in [0.2, 0.25) is 0 Å². The molecule has 0 unspecified atom stereocenters. The zero-order valence-corrected chi connectivity index (χ0v) is 16.5. The molecular formula is C19H24N2O4S. The van der Waals surface area contributed by atoms with Crippen molar-refractivity contribution >= 4 is 23.4 Å². The number of nitrogens with one attached hydrogen (secondary N) is 1. The minimum absolute atomic E-state index is 0.311. The Hall–Kier alpha value is -2.41. The largest absolute Gasteiger partial charge is 0.444 e. The van der Waals surface area contributed by atoms with E-state index in [4.69, 9.17) is 9.47 Å². The number of thiazole rings is 1. The number of amides is 1. The first-order valence-electron chi connectivity index (χ1n) is 8.31. The predicted molar refractivity (Wildman–Crippen MR) is 100 cm³/mol. The summed E-state index contributed by atoms with van der Waals surface area (Å²) in [7, 11) is 0. The highest BCUT2D eigenvalue weighted by molar-refractivity contribution is 7.09. The summed E-state index contributed by atoms with van der Waals surface area (Å²) in [5.74, 6) is 0.127. The monoisotopic (exact) mass is 376 g/mol. The molecule has 0 fully saturated rings. The van der Waals surface area contributed by atoms with Crippen LogP contribution in [0.5, 0.6) is 5.75 Å². The summed E-state index contributed by atoms with van der Waals surface area (Å²) >= 11 is 1.53. The summed E-state index contributed by atoms with van der Waals surface area (Å²) in [6.45, 7) is 8.75. The molecular weight excluding hydrogens is 352 g/mol. The molecule has 7 heteroatoms. The second-order valence-electron chi connectivity index (χ2n) is 6.93.